The summed E-state index contributed by atoms with van der Waals surface area (Å²) in [6, 6.07) is 18.2. The van der Waals surface area contributed by atoms with E-state index >= 15 is 0 Å². The molecule has 20 nitrogen and oxygen atoms in total. The highest BCUT2D eigenvalue weighted by Crippen LogP contribution is 2.34. The van der Waals surface area contributed by atoms with Gasteiger partial charge in [-0.15, -0.1) is 0 Å². The van der Waals surface area contributed by atoms with Gasteiger partial charge in [-0.2, -0.15) is 0 Å². The van der Waals surface area contributed by atoms with Gasteiger partial charge in [0.15, 0.2) is 15.4 Å². The highest BCUT2D eigenvalue weighted by Gasteiger charge is 2.17. The Balaban J connectivity index is 0.000000148. The minimum atomic E-state index is -0.171. The second-order valence-electron chi connectivity index (χ2n) is 18.2. The first-order valence-electron chi connectivity index (χ1n) is 26.2. The predicted molar refractivity (Wildman–Crippen MR) is 327 cm³/mol. The number of nitrogens with zero attached hydrogens (tertiary/aromatic N) is 12. The van der Waals surface area contributed by atoms with Crippen molar-refractivity contribution in [3.8, 4) is 43.2 Å². The predicted octanol–water partition coefficient (Wildman–Crippen LogP) is 9.82. The van der Waals surface area contributed by atoms with Crippen LogP contribution in [0.3, 0.4) is 0 Å². The molecular weight excluding hydrogens is 1150 g/mol. The molecule has 0 saturated carbocycles. The van der Waals surface area contributed by atoms with Gasteiger partial charge < -0.3 is 55.1 Å². The molecule has 0 bridgehead atoms. The molecule has 0 amide bonds. The standard InChI is InChI=1S/C20H23N5O2S.C20H19N5O2S.C17H16BrN5OS.H2/c2*26-7-1-2-15-10-16(13-21-12-15)18-14-23-20(28-18)24-19-11-17(3-4-22-19)25-5-8-27-9-6-25;18-13-7-12(9-19-10-13)15-11-21-17(25-15)22-16-8-14(1-2-20-16)23-3-5-24-6-4-23;/h3-4,10-14,26H,1-2,5-9H2,(H,22,23,24);3-4,10-14,26H,5-9H2,(H,22,23,24);1-2,7-11H,3-6H2,(H,20,21,22);1H. The smallest absolute Gasteiger partial charge is 0.188 e. The molecule has 0 radical (unpaired) electrons. The first-order valence-corrected chi connectivity index (χ1v) is 29.4. The fourth-order valence-electron chi connectivity index (χ4n) is 8.62. The molecule has 12 rings (SSSR count). The van der Waals surface area contributed by atoms with E-state index in [2.05, 4.69) is 109 Å². The fourth-order valence-corrected chi connectivity index (χ4v) is 11.4. The Morgan fingerprint density at radius 1 is 0.506 bits per heavy atom. The van der Waals surface area contributed by atoms with Gasteiger partial charge >= 0.3 is 0 Å². The number of nitrogens with one attached hydrogen (secondary N) is 3. The molecule has 0 aromatic carbocycles. The van der Waals surface area contributed by atoms with E-state index in [1.165, 1.54) is 11.3 Å². The van der Waals surface area contributed by atoms with Crippen LogP contribution in [0.25, 0.3) is 31.3 Å². The average Bonchev–Trinajstić information content (AvgIpc) is 4.33. The van der Waals surface area contributed by atoms with Crippen molar-refractivity contribution in [2.24, 2.45) is 0 Å². The molecular formula is C57H60BrN15O5S3. The number of aromatic nitrogens is 9. The number of aliphatic hydroxyl groups excluding tert-OH is 2. The van der Waals surface area contributed by atoms with Gasteiger partial charge in [0, 0.05) is 184 Å². The molecule has 0 unspecified atom stereocenters. The number of hydrogen-bond acceptors (Lipinski definition) is 23. The number of pyridine rings is 6. The van der Waals surface area contributed by atoms with E-state index in [1.807, 2.05) is 91.9 Å². The summed E-state index contributed by atoms with van der Waals surface area (Å²) in [5, 5.41) is 30.1. The number of hydrogen-bond donors (Lipinski definition) is 5. The number of thiazole rings is 3. The number of anilines is 9. The molecule has 0 spiro atoms. The van der Waals surface area contributed by atoms with Crippen molar-refractivity contribution in [2.75, 3.05) is 123 Å². The number of aryl methyl sites for hydroxylation is 1. The van der Waals surface area contributed by atoms with Gasteiger partial charge in [0.25, 0.3) is 0 Å². The molecule has 12 heterocycles. The topological polar surface area (TPSA) is 230 Å². The zero-order chi connectivity index (χ0) is 55.4. The maximum atomic E-state index is 9.01. The van der Waals surface area contributed by atoms with Gasteiger partial charge in [0.1, 0.15) is 24.1 Å². The molecule has 3 fully saturated rings. The van der Waals surface area contributed by atoms with Crippen LogP contribution in [0.2, 0.25) is 0 Å². The lowest BCUT2D eigenvalue weighted by Gasteiger charge is -2.28. The van der Waals surface area contributed by atoms with Crippen molar-refractivity contribution >= 4 is 99.9 Å². The van der Waals surface area contributed by atoms with Gasteiger partial charge in [-0.05, 0) is 70.7 Å². The molecule has 81 heavy (non-hydrogen) atoms. The number of morpholine rings is 3. The van der Waals surface area contributed by atoms with Crippen molar-refractivity contribution in [1.29, 1.82) is 0 Å². The average molecular weight is 1210 g/mol. The molecule has 9 aromatic heterocycles. The second-order valence-corrected chi connectivity index (χ2v) is 22.2. The Hall–Kier alpha value is -7.57. The van der Waals surface area contributed by atoms with Gasteiger partial charge in [-0.3, -0.25) is 15.0 Å². The van der Waals surface area contributed by atoms with Crippen LogP contribution in [-0.2, 0) is 20.6 Å². The van der Waals surface area contributed by atoms with Crippen LogP contribution < -0.4 is 30.7 Å². The highest BCUT2D eigenvalue weighted by atomic mass is 79.9. The lowest BCUT2D eigenvalue weighted by atomic mass is 10.1. The number of ether oxygens (including phenoxy) is 3. The third kappa shape index (κ3) is 16.5. The summed E-state index contributed by atoms with van der Waals surface area (Å²) < 4.78 is 17.2. The number of halogens is 1. The Kier molecular flexibility index (Phi) is 20.5. The molecule has 5 N–H and O–H groups in total. The Morgan fingerprint density at radius 3 is 1.36 bits per heavy atom. The molecule has 3 aliphatic heterocycles. The summed E-state index contributed by atoms with van der Waals surface area (Å²) in [5.74, 6) is 7.83. The van der Waals surface area contributed by atoms with Crippen LogP contribution in [0, 0.1) is 11.8 Å². The Morgan fingerprint density at radius 2 is 0.926 bits per heavy atom. The third-order valence-electron chi connectivity index (χ3n) is 12.6. The SMILES string of the molecule is Brc1cncc(-c2cnc(Nc3cc(N4CCOCC4)ccn3)s2)c1.OCC#Cc1cncc(-c2cnc(Nc3cc(N4CCOCC4)ccn3)s2)c1.OCCCc1cncc(-c2cnc(Nc3cc(N4CCOCC4)ccn3)s2)c1.[HH]. The van der Waals surface area contributed by atoms with Crippen LogP contribution in [0.4, 0.5) is 49.9 Å². The molecule has 0 atom stereocenters. The zero-order valence-electron chi connectivity index (χ0n) is 44.0. The van der Waals surface area contributed by atoms with Gasteiger partial charge in [0.05, 0.1) is 54.3 Å². The monoisotopic (exact) mass is 1210 g/mol. The van der Waals surface area contributed by atoms with E-state index in [4.69, 9.17) is 24.4 Å². The van der Waals surface area contributed by atoms with Crippen molar-refractivity contribution in [1.82, 2.24) is 44.9 Å². The maximum absolute atomic E-state index is 9.01. The molecule has 24 heteroatoms. The molecule has 3 aliphatic rings. The summed E-state index contributed by atoms with van der Waals surface area (Å²) in [7, 11) is 0. The normalized spacial score (nSPS) is 14.1. The minimum absolute atomic E-state index is 0. The van der Waals surface area contributed by atoms with Gasteiger partial charge in [-0.1, -0.05) is 45.9 Å². The van der Waals surface area contributed by atoms with Crippen molar-refractivity contribution < 1.29 is 25.9 Å². The molecule has 0 aliphatic carbocycles. The van der Waals surface area contributed by atoms with Gasteiger partial charge in [-0.25, -0.2) is 29.9 Å². The van der Waals surface area contributed by atoms with E-state index in [-0.39, 0.29) is 14.6 Å². The lowest BCUT2D eigenvalue weighted by Crippen LogP contribution is -2.36. The number of aliphatic hydroxyl groups is 2. The van der Waals surface area contributed by atoms with E-state index in [0.717, 1.165) is 189 Å². The largest absolute Gasteiger partial charge is 0.396 e. The summed E-state index contributed by atoms with van der Waals surface area (Å²) in [6.07, 6.45) is 23.2. The first-order chi connectivity index (χ1) is 39.9. The van der Waals surface area contributed by atoms with E-state index in [1.54, 1.807) is 53.7 Å². The van der Waals surface area contributed by atoms with Crippen LogP contribution in [0.15, 0.2) is 133 Å². The summed E-state index contributed by atoms with van der Waals surface area (Å²) >= 11 is 8.11. The summed E-state index contributed by atoms with van der Waals surface area (Å²) in [6.45, 7) is 9.91. The van der Waals surface area contributed by atoms with Crippen LogP contribution in [0.1, 0.15) is 19.0 Å². The Bertz CT molecular complexity index is 3510. The minimum Gasteiger partial charge on any atom is -0.396 e. The second kappa shape index (κ2) is 29.2. The quantitative estimate of drug-likeness (QED) is 0.0601. The lowest BCUT2D eigenvalue weighted by molar-refractivity contribution is 0.122. The third-order valence-corrected chi connectivity index (χ3v) is 15.9. The van der Waals surface area contributed by atoms with Gasteiger partial charge in [0.2, 0.25) is 0 Å². The van der Waals surface area contributed by atoms with Crippen LogP contribution in [-0.4, -0.2) is 147 Å². The van der Waals surface area contributed by atoms with E-state index in [9.17, 15) is 0 Å². The molecule has 3 saturated heterocycles. The highest BCUT2D eigenvalue weighted by molar-refractivity contribution is 9.10. The van der Waals surface area contributed by atoms with Crippen molar-refractivity contribution in [3.63, 3.8) is 0 Å². The molecule has 9 aromatic rings. The molecule has 418 valence electrons. The number of rotatable bonds is 15. The summed E-state index contributed by atoms with van der Waals surface area (Å²) in [4.78, 5) is 49.3. The van der Waals surface area contributed by atoms with Crippen molar-refractivity contribution in [2.45, 2.75) is 12.8 Å². The van der Waals surface area contributed by atoms with E-state index < -0.39 is 0 Å². The Labute approximate surface area is 491 Å². The maximum Gasteiger partial charge on any atom is 0.188 e. The van der Waals surface area contributed by atoms with Crippen LogP contribution >= 0.6 is 49.9 Å². The zero-order valence-corrected chi connectivity index (χ0v) is 48.1. The van der Waals surface area contributed by atoms with Crippen LogP contribution in [0.5, 0.6) is 0 Å². The van der Waals surface area contributed by atoms with E-state index in [0.29, 0.717) is 0 Å². The fraction of sp³-hybridized carbons (Fsp3) is 0.281. The first kappa shape index (κ1) is 56.7. The summed E-state index contributed by atoms with van der Waals surface area (Å²) in [5.41, 5.74) is 8.30. The van der Waals surface area contributed by atoms with Crippen molar-refractivity contribution in [3.05, 3.63) is 145 Å².